The molecule has 0 radical (unpaired) electrons. The SMILES string of the molecule is CC.CN1CCCC2(CCNC2)C1.CN1CCCCC12CCNC2. The molecule has 4 fully saturated rings. The van der Waals surface area contributed by atoms with Crippen LogP contribution in [-0.4, -0.2) is 75.2 Å². The molecule has 0 amide bonds. The maximum Gasteiger partial charge on any atom is 0.0342 e. The molecular weight excluding hydrogens is 296 g/mol. The normalized spacial score (nSPS) is 37.0. The van der Waals surface area contributed by atoms with Crippen molar-refractivity contribution in [1.82, 2.24) is 20.4 Å². The van der Waals surface area contributed by atoms with Gasteiger partial charge in [-0.15, -0.1) is 0 Å². The summed E-state index contributed by atoms with van der Waals surface area (Å²) in [5.41, 5.74) is 1.21. The third kappa shape index (κ3) is 4.94. The Morgan fingerprint density at radius 2 is 1.50 bits per heavy atom. The van der Waals surface area contributed by atoms with Gasteiger partial charge in [-0.3, -0.25) is 4.90 Å². The predicted molar refractivity (Wildman–Crippen MR) is 105 cm³/mol. The molecule has 4 nitrogen and oxygen atoms in total. The topological polar surface area (TPSA) is 30.5 Å². The van der Waals surface area contributed by atoms with E-state index in [-0.39, 0.29) is 0 Å². The van der Waals surface area contributed by atoms with Crippen LogP contribution >= 0.6 is 0 Å². The first-order valence-corrected chi connectivity index (χ1v) is 10.5. The van der Waals surface area contributed by atoms with Crippen molar-refractivity contribution in [3.05, 3.63) is 0 Å². The highest BCUT2D eigenvalue weighted by molar-refractivity contribution is 4.98. The number of hydrogen-bond donors (Lipinski definition) is 2. The van der Waals surface area contributed by atoms with Crippen molar-refractivity contribution >= 4 is 0 Å². The lowest BCUT2D eigenvalue weighted by Gasteiger charge is -2.42. The molecule has 4 rings (SSSR count). The van der Waals surface area contributed by atoms with Gasteiger partial charge in [-0.1, -0.05) is 20.3 Å². The number of likely N-dealkylation sites (tertiary alicyclic amines) is 2. The van der Waals surface area contributed by atoms with Gasteiger partial charge in [0.15, 0.2) is 0 Å². The quantitative estimate of drug-likeness (QED) is 0.711. The first kappa shape index (κ1) is 20.2. The fraction of sp³-hybridized carbons (Fsp3) is 1.00. The Kier molecular flexibility index (Phi) is 7.99. The van der Waals surface area contributed by atoms with Crippen molar-refractivity contribution < 1.29 is 0 Å². The molecule has 0 bridgehead atoms. The molecule has 4 heterocycles. The van der Waals surface area contributed by atoms with E-state index in [1.807, 2.05) is 13.8 Å². The van der Waals surface area contributed by atoms with Gasteiger partial charge in [-0.25, -0.2) is 0 Å². The van der Waals surface area contributed by atoms with E-state index in [2.05, 4.69) is 34.5 Å². The van der Waals surface area contributed by atoms with E-state index in [4.69, 9.17) is 0 Å². The molecule has 2 spiro atoms. The summed E-state index contributed by atoms with van der Waals surface area (Å²) in [5, 5.41) is 6.95. The zero-order chi connectivity index (χ0) is 17.5. The lowest BCUT2D eigenvalue weighted by atomic mass is 9.79. The third-order valence-corrected chi connectivity index (χ3v) is 6.60. The van der Waals surface area contributed by atoms with Crippen LogP contribution in [0, 0.1) is 5.41 Å². The van der Waals surface area contributed by atoms with Crippen LogP contribution in [0.15, 0.2) is 0 Å². The van der Waals surface area contributed by atoms with Crippen LogP contribution in [-0.2, 0) is 0 Å². The van der Waals surface area contributed by atoms with Gasteiger partial charge in [-0.05, 0) is 84.2 Å². The smallest absolute Gasteiger partial charge is 0.0342 e. The van der Waals surface area contributed by atoms with Gasteiger partial charge in [0.25, 0.3) is 0 Å². The Labute approximate surface area is 150 Å². The summed E-state index contributed by atoms with van der Waals surface area (Å²) in [6, 6.07) is 0. The molecule has 2 N–H and O–H groups in total. The van der Waals surface area contributed by atoms with Crippen LogP contribution in [0.3, 0.4) is 0 Å². The van der Waals surface area contributed by atoms with Crippen LogP contribution in [0.1, 0.15) is 58.8 Å². The molecule has 0 aromatic carbocycles. The first-order valence-electron chi connectivity index (χ1n) is 10.5. The molecular formula is C20H42N4. The van der Waals surface area contributed by atoms with Gasteiger partial charge >= 0.3 is 0 Å². The standard InChI is InChI=1S/2C9H18N2.C2H6/c1-11-6-2-3-9(8-11)4-5-10-7-9;1-11-7-3-2-4-9(11)5-6-10-8-9;1-2/h2*10H,2-8H2,1H3;1-2H3. The highest BCUT2D eigenvalue weighted by Crippen LogP contribution is 2.34. The summed E-state index contributed by atoms with van der Waals surface area (Å²) in [7, 11) is 4.53. The molecule has 4 aliphatic heterocycles. The monoisotopic (exact) mass is 338 g/mol. The number of nitrogens with zero attached hydrogens (tertiary/aromatic N) is 2. The minimum absolute atomic E-state index is 0.554. The van der Waals surface area contributed by atoms with Crippen LogP contribution in [0.5, 0.6) is 0 Å². The summed E-state index contributed by atoms with van der Waals surface area (Å²) in [5.74, 6) is 0. The molecule has 2 atom stereocenters. The summed E-state index contributed by atoms with van der Waals surface area (Å²) >= 11 is 0. The molecule has 0 aromatic rings. The molecule has 142 valence electrons. The first-order chi connectivity index (χ1) is 11.6. The van der Waals surface area contributed by atoms with Crippen molar-refractivity contribution in [2.45, 2.75) is 64.3 Å². The van der Waals surface area contributed by atoms with E-state index in [0.29, 0.717) is 11.0 Å². The second-order valence-electron chi connectivity index (χ2n) is 8.30. The summed E-state index contributed by atoms with van der Waals surface area (Å²) in [6.45, 7) is 12.9. The highest BCUT2D eigenvalue weighted by atomic mass is 15.2. The molecule has 0 aliphatic carbocycles. The van der Waals surface area contributed by atoms with Crippen molar-refractivity contribution in [2.24, 2.45) is 5.41 Å². The van der Waals surface area contributed by atoms with Crippen molar-refractivity contribution in [3.63, 3.8) is 0 Å². The number of likely N-dealkylation sites (N-methyl/N-ethyl adjacent to an activating group) is 1. The molecule has 0 aromatic heterocycles. The Balaban J connectivity index is 0.000000158. The summed E-state index contributed by atoms with van der Waals surface area (Å²) < 4.78 is 0. The Hall–Kier alpha value is -0.160. The zero-order valence-electron chi connectivity index (χ0n) is 16.8. The Morgan fingerprint density at radius 3 is 2.08 bits per heavy atom. The minimum atomic E-state index is 0.554. The maximum absolute atomic E-state index is 3.48. The maximum atomic E-state index is 3.48. The number of nitrogens with one attached hydrogen (secondary N) is 2. The molecule has 4 heteroatoms. The van der Waals surface area contributed by atoms with Gasteiger partial charge in [0.05, 0.1) is 0 Å². The number of rotatable bonds is 0. The van der Waals surface area contributed by atoms with E-state index in [0.717, 1.165) is 0 Å². The van der Waals surface area contributed by atoms with Gasteiger partial charge in [0.2, 0.25) is 0 Å². The van der Waals surface area contributed by atoms with Crippen molar-refractivity contribution in [3.8, 4) is 0 Å². The van der Waals surface area contributed by atoms with Crippen LogP contribution in [0.2, 0.25) is 0 Å². The lowest BCUT2D eigenvalue weighted by molar-refractivity contribution is 0.0911. The Bertz CT molecular complexity index is 346. The zero-order valence-corrected chi connectivity index (χ0v) is 16.8. The third-order valence-electron chi connectivity index (χ3n) is 6.60. The van der Waals surface area contributed by atoms with Gasteiger partial charge in [0.1, 0.15) is 0 Å². The number of hydrogen-bond acceptors (Lipinski definition) is 4. The van der Waals surface area contributed by atoms with Crippen molar-refractivity contribution in [1.29, 1.82) is 0 Å². The van der Waals surface area contributed by atoms with E-state index < -0.39 is 0 Å². The molecule has 4 aliphatic rings. The van der Waals surface area contributed by atoms with Crippen LogP contribution in [0.25, 0.3) is 0 Å². The lowest BCUT2D eigenvalue weighted by Crippen LogP contribution is -2.50. The second kappa shape index (κ2) is 9.51. The number of piperidine rings is 2. The second-order valence-corrected chi connectivity index (χ2v) is 8.30. The van der Waals surface area contributed by atoms with E-state index >= 15 is 0 Å². The van der Waals surface area contributed by atoms with E-state index in [9.17, 15) is 0 Å². The Morgan fingerprint density at radius 1 is 0.750 bits per heavy atom. The molecule has 24 heavy (non-hydrogen) atoms. The minimum Gasteiger partial charge on any atom is -0.316 e. The van der Waals surface area contributed by atoms with Gasteiger partial charge in [-0.2, -0.15) is 0 Å². The van der Waals surface area contributed by atoms with Crippen LogP contribution < -0.4 is 10.6 Å². The predicted octanol–water partition coefficient (Wildman–Crippen LogP) is 2.55. The summed E-state index contributed by atoms with van der Waals surface area (Å²) in [6.07, 6.45) is 9.87. The average molecular weight is 339 g/mol. The fourth-order valence-electron chi connectivity index (χ4n) is 5.10. The molecule has 0 saturated carbocycles. The summed E-state index contributed by atoms with van der Waals surface area (Å²) in [4.78, 5) is 5.05. The molecule has 2 unspecified atom stereocenters. The van der Waals surface area contributed by atoms with E-state index in [1.165, 1.54) is 90.8 Å². The fourth-order valence-corrected chi connectivity index (χ4v) is 5.10. The molecule has 4 saturated heterocycles. The van der Waals surface area contributed by atoms with E-state index in [1.54, 1.807) is 0 Å². The largest absolute Gasteiger partial charge is 0.316 e. The average Bonchev–Trinajstić information content (AvgIpc) is 3.24. The van der Waals surface area contributed by atoms with Gasteiger partial charge < -0.3 is 15.5 Å². The van der Waals surface area contributed by atoms with Crippen molar-refractivity contribution in [2.75, 3.05) is 59.9 Å². The van der Waals surface area contributed by atoms with Crippen LogP contribution in [0.4, 0.5) is 0 Å². The van der Waals surface area contributed by atoms with Gasteiger partial charge in [0, 0.05) is 25.2 Å². The highest BCUT2D eigenvalue weighted by Gasteiger charge is 2.39.